The fourth-order valence-electron chi connectivity index (χ4n) is 1.89. The molecule has 3 rings (SSSR count). The second-order valence-electron chi connectivity index (χ2n) is 4.66. The number of rotatable bonds is 3. The number of carbonyl (C=O) groups excluding carboxylic acids is 1. The SMILES string of the molecule is O=C(Nc1cccc(F)c1F)c1cc(C2CC2)ncn1. The fraction of sp³-hybridized carbons (Fsp3) is 0.214. The zero-order valence-corrected chi connectivity index (χ0v) is 10.4. The summed E-state index contributed by atoms with van der Waals surface area (Å²) in [5, 5.41) is 2.31. The molecule has 0 bridgehead atoms. The van der Waals surface area contributed by atoms with Crippen molar-refractivity contribution >= 4 is 11.6 Å². The summed E-state index contributed by atoms with van der Waals surface area (Å²) in [6.07, 6.45) is 3.41. The average molecular weight is 275 g/mol. The minimum absolute atomic E-state index is 0.144. The number of aromatic nitrogens is 2. The molecule has 6 heteroatoms. The Hall–Kier alpha value is -2.37. The van der Waals surface area contributed by atoms with Crippen LogP contribution in [0, 0.1) is 11.6 Å². The first-order valence-corrected chi connectivity index (χ1v) is 6.22. The van der Waals surface area contributed by atoms with Gasteiger partial charge in [-0.25, -0.2) is 18.7 Å². The largest absolute Gasteiger partial charge is 0.318 e. The standard InChI is InChI=1S/C14H11F2N3O/c15-9-2-1-3-10(13(9)16)19-14(20)12-6-11(8-4-5-8)17-7-18-12/h1-3,6-8H,4-5H2,(H,19,20). The minimum atomic E-state index is -1.09. The highest BCUT2D eigenvalue weighted by Crippen LogP contribution is 2.38. The lowest BCUT2D eigenvalue weighted by Gasteiger charge is -2.06. The molecule has 1 fully saturated rings. The smallest absolute Gasteiger partial charge is 0.274 e. The first kappa shape index (κ1) is 12.7. The Kier molecular flexibility index (Phi) is 3.14. The topological polar surface area (TPSA) is 54.9 Å². The Morgan fingerprint density at radius 3 is 2.80 bits per heavy atom. The van der Waals surface area contributed by atoms with Gasteiger partial charge in [0, 0.05) is 11.6 Å². The van der Waals surface area contributed by atoms with Crippen LogP contribution in [0.25, 0.3) is 0 Å². The minimum Gasteiger partial charge on any atom is -0.318 e. The van der Waals surface area contributed by atoms with Crippen LogP contribution in [-0.4, -0.2) is 15.9 Å². The molecule has 1 saturated carbocycles. The van der Waals surface area contributed by atoms with Crippen LogP contribution in [0.1, 0.15) is 34.9 Å². The molecule has 2 aromatic rings. The number of hydrogen-bond acceptors (Lipinski definition) is 3. The zero-order valence-electron chi connectivity index (χ0n) is 10.4. The third-order valence-electron chi connectivity index (χ3n) is 3.12. The van der Waals surface area contributed by atoms with Crippen LogP contribution in [-0.2, 0) is 0 Å². The van der Waals surface area contributed by atoms with Crippen LogP contribution in [0.2, 0.25) is 0 Å². The third kappa shape index (κ3) is 2.49. The maximum absolute atomic E-state index is 13.5. The first-order valence-electron chi connectivity index (χ1n) is 6.22. The molecule has 102 valence electrons. The van der Waals surface area contributed by atoms with Gasteiger partial charge in [0.2, 0.25) is 0 Å². The van der Waals surface area contributed by atoms with Gasteiger partial charge in [0.1, 0.15) is 12.0 Å². The summed E-state index contributed by atoms with van der Waals surface area (Å²) in [6, 6.07) is 5.19. The first-order chi connectivity index (χ1) is 9.65. The molecule has 1 amide bonds. The number of halogens is 2. The van der Waals surface area contributed by atoms with E-state index in [4.69, 9.17) is 0 Å². The summed E-state index contributed by atoms with van der Waals surface area (Å²) in [4.78, 5) is 19.9. The van der Waals surface area contributed by atoms with Crippen LogP contribution >= 0.6 is 0 Å². The van der Waals surface area contributed by atoms with Gasteiger partial charge in [-0.2, -0.15) is 0 Å². The van der Waals surface area contributed by atoms with Gasteiger partial charge in [-0.15, -0.1) is 0 Å². The van der Waals surface area contributed by atoms with Crippen molar-refractivity contribution in [3.63, 3.8) is 0 Å². The number of hydrogen-bond donors (Lipinski definition) is 1. The number of nitrogens with zero attached hydrogens (tertiary/aromatic N) is 2. The molecule has 0 radical (unpaired) electrons. The summed E-state index contributed by atoms with van der Waals surface area (Å²) >= 11 is 0. The highest BCUT2D eigenvalue weighted by molar-refractivity contribution is 6.02. The van der Waals surface area contributed by atoms with Crippen molar-refractivity contribution in [2.24, 2.45) is 0 Å². The molecule has 1 aliphatic carbocycles. The van der Waals surface area contributed by atoms with Crippen molar-refractivity contribution in [3.8, 4) is 0 Å². The Balaban J connectivity index is 1.82. The third-order valence-corrected chi connectivity index (χ3v) is 3.12. The van der Waals surface area contributed by atoms with Crippen LogP contribution in [0.4, 0.5) is 14.5 Å². The molecule has 1 aromatic carbocycles. The summed E-state index contributed by atoms with van der Waals surface area (Å²) in [5.74, 6) is -2.30. The number of benzene rings is 1. The molecule has 4 nitrogen and oxygen atoms in total. The molecule has 1 heterocycles. The highest BCUT2D eigenvalue weighted by atomic mass is 19.2. The van der Waals surface area contributed by atoms with Crippen molar-refractivity contribution in [3.05, 3.63) is 53.6 Å². The molecule has 1 aliphatic rings. The van der Waals surface area contributed by atoms with E-state index in [-0.39, 0.29) is 11.4 Å². The van der Waals surface area contributed by atoms with E-state index < -0.39 is 17.5 Å². The molecule has 0 unspecified atom stereocenters. The fourth-order valence-corrected chi connectivity index (χ4v) is 1.89. The van der Waals surface area contributed by atoms with Gasteiger partial charge in [0.25, 0.3) is 5.91 Å². The number of anilines is 1. The molecule has 0 spiro atoms. The lowest BCUT2D eigenvalue weighted by atomic mass is 10.2. The normalized spacial score (nSPS) is 14.1. The van der Waals surface area contributed by atoms with Gasteiger partial charge in [0.05, 0.1) is 5.69 Å². The van der Waals surface area contributed by atoms with E-state index in [9.17, 15) is 13.6 Å². The summed E-state index contributed by atoms with van der Waals surface area (Å²) in [6.45, 7) is 0. The quantitative estimate of drug-likeness (QED) is 0.937. The molecule has 0 atom stereocenters. The number of carbonyl (C=O) groups is 1. The Morgan fingerprint density at radius 2 is 2.05 bits per heavy atom. The van der Waals surface area contributed by atoms with E-state index in [1.165, 1.54) is 18.5 Å². The zero-order chi connectivity index (χ0) is 14.1. The monoisotopic (exact) mass is 275 g/mol. The Bertz CT molecular complexity index is 671. The van der Waals surface area contributed by atoms with Gasteiger partial charge in [-0.1, -0.05) is 6.07 Å². The maximum atomic E-state index is 13.5. The van der Waals surface area contributed by atoms with Crippen LogP contribution in [0.3, 0.4) is 0 Å². The Labute approximate surface area is 113 Å². The van der Waals surface area contributed by atoms with Crippen molar-refractivity contribution in [1.82, 2.24) is 9.97 Å². The highest BCUT2D eigenvalue weighted by Gasteiger charge is 2.26. The molecule has 20 heavy (non-hydrogen) atoms. The summed E-state index contributed by atoms with van der Waals surface area (Å²) in [7, 11) is 0. The second-order valence-corrected chi connectivity index (χ2v) is 4.66. The van der Waals surface area contributed by atoms with Crippen molar-refractivity contribution in [2.75, 3.05) is 5.32 Å². The maximum Gasteiger partial charge on any atom is 0.274 e. The predicted molar refractivity (Wildman–Crippen MR) is 68.3 cm³/mol. The van der Waals surface area contributed by atoms with Gasteiger partial charge in [-0.3, -0.25) is 4.79 Å². The van der Waals surface area contributed by atoms with Gasteiger partial charge < -0.3 is 5.32 Å². The van der Waals surface area contributed by atoms with Gasteiger partial charge >= 0.3 is 0 Å². The van der Waals surface area contributed by atoms with Crippen LogP contribution in [0.15, 0.2) is 30.6 Å². The molecular formula is C14H11F2N3O. The Morgan fingerprint density at radius 1 is 1.25 bits per heavy atom. The molecular weight excluding hydrogens is 264 g/mol. The van der Waals surface area contributed by atoms with E-state index in [0.29, 0.717) is 5.92 Å². The van der Waals surface area contributed by atoms with E-state index in [1.54, 1.807) is 6.07 Å². The van der Waals surface area contributed by atoms with Gasteiger partial charge in [-0.05, 0) is 31.0 Å². The second kappa shape index (κ2) is 4.96. The molecule has 1 N–H and O–H groups in total. The summed E-state index contributed by atoms with van der Waals surface area (Å²) in [5.41, 5.74) is 0.747. The van der Waals surface area contributed by atoms with Crippen LogP contribution in [0.5, 0.6) is 0 Å². The molecule has 0 saturated heterocycles. The van der Waals surface area contributed by atoms with Crippen molar-refractivity contribution in [1.29, 1.82) is 0 Å². The predicted octanol–water partition coefficient (Wildman–Crippen LogP) is 2.88. The van der Waals surface area contributed by atoms with E-state index in [0.717, 1.165) is 24.6 Å². The summed E-state index contributed by atoms with van der Waals surface area (Å²) < 4.78 is 26.5. The van der Waals surface area contributed by atoms with Crippen LogP contribution < -0.4 is 5.32 Å². The molecule has 1 aromatic heterocycles. The lowest BCUT2D eigenvalue weighted by molar-refractivity contribution is 0.102. The molecule has 0 aliphatic heterocycles. The van der Waals surface area contributed by atoms with E-state index in [1.807, 2.05) is 0 Å². The van der Waals surface area contributed by atoms with Crippen molar-refractivity contribution in [2.45, 2.75) is 18.8 Å². The van der Waals surface area contributed by atoms with E-state index in [2.05, 4.69) is 15.3 Å². The van der Waals surface area contributed by atoms with Gasteiger partial charge in [0.15, 0.2) is 11.6 Å². The lowest BCUT2D eigenvalue weighted by Crippen LogP contribution is -2.15. The number of amides is 1. The van der Waals surface area contributed by atoms with Crippen molar-refractivity contribution < 1.29 is 13.6 Å². The average Bonchev–Trinajstić information content (AvgIpc) is 3.28. The number of nitrogens with one attached hydrogen (secondary N) is 1. The van der Waals surface area contributed by atoms with E-state index >= 15 is 0 Å².